The van der Waals surface area contributed by atoms with Gasteiger partial charge >= 0.3 is 0 Å². The van der Waals surface area contributed by atoms with E-state index in [4.69, 9.17) is 5.11 Å². The van der Waals surface area contributed by atoms with Crippen molar-refractivity contribution in [3.8, 4) is 0 Å². The summed E-state index contributed by atoms with van der Waals surface area (Å²) in [4.78, 5) is 2.38. The fourth-order valence-corrected chi connectivity index (χ4v) is 2.85. The second kappa shape index (κ2) is 9.44. The Kier molecular flexibility index (Phi) is 8.30. The van der Waals surface area contributed by atoms with E-state index >= 15 is 0 Å². The van der Waals surface area contributed by atoms with Crippen LogP contribution in [-0.2, 0) is 0 Å². The number of rotatable bonds is 9. The van der Waals surface area contributed by atoms with Crippen molar-refractivity contribution in [2.75, 3.05) is 24.6 Å². The minimum atomic E-state index is 0.232. The predicted molar refractivity (Wildman–Crippen MR) is 95.0 cm³/mol. The van der Waals surface area contributed by atoms with Gasteiger partial charge in [0.2, 0.25) is 0 Å². The van der Waals surface area contributed by atoms with Gasteiger partial charge in [-0.15, -0.1) is 0 Å². The fraction of sp³-hybridized carbons (Fsp3) is 0.647. The number of aliphatic hydroxyl groups is 1. The van der Waals surface area contributed by atoms with Gasteiger partial charge in [0.1, 0.15) is 0 Å². The highest BCUT2D eigenvalue weighted by Gasteiger charge is 2.18. The molecule has 0 aliphatic rings. The number of benzene rings is 1. The van der Waals surface area contributed by atoms with Crippen molar-refractivity contribution >= 4 is 21.6 Å². The van der Waals surface area contributed by atoms with Crippen LogP contribution in [0, 0.1) is 0 Å². The maximum absolute atomic E-state index is 9.14. The molecular formula is C17H29BrN2O. The number of hydrogen-bond donors (Lipinski definition) is 2. The molecule has 1 atom stereocenters. The molecule has 21 heavy (non-hydrogen) atoms. The Labute approximate surface area is 137 Å². The number of hydrogen-bond acceptors (Lipinski definition) is 3. The Morgan fingerprint density at radius 1 is 1.29 bits per heavy atom. The van der Waals surface area contributed by atoms with E-state index in [0.717, 1.165) is 30.4 Å². The molecule has 0 bridgehead atoms. The maximum atomic E-state index is 9.14. The predicted octanol–water partition coefficient (Wildman–Crippen LogP) is 4.11. The largest absolute Gasteiger partial charge is 0.396 e. The summed E-state index contributed by atoms with van der Waals surface area (Å²) in [5.41, 5.74) is 2.57. The van der Waals surface area contributed by atoms with Gasteiger partial charge in [-0.05, 0) is 57.9 Å². The van der Waals surface area contributed by atoms with E-state index in [9.17, 15) is 0 Å². The fourth-order valence-electron chi connectivity index (χ4n) is 2.50. The van der Waals surface area contributed by atoms with Crippen molar-refractivity contribution in [2.24, 2.45) is 0 Å². The minimum absolute atomic E-state index is 0.232. The summed E-state index contributed by atoms with van der Waals surface area (Å²) in [6.45, 7) is 10.9. The van der Waals surface area contributed by atoms with Crippen molar-refractivity contribution in [1.29, 1.82) is 0 Å². The lowest BCUT2D eigenvalue weighted by atomic mass is 10.0. The Morgan fingerprint density at radius 2 is 2.00 bits per heavy atom. The van der Waals surface area contributed by atoms with Crippen LogP contribution in [0.15, 0.2) is 22.7 Å². The molecule has 0 saturated carbocycles. The van der Waals surface area contributed by atoms with Crippen LogP contribution in [0.4, 0.5) is 5.69 Å². The summed E-state index contributed by atoms with van der Waals surface area (Å²) < 4.78 is 1.10. The van der Waals surface area contributed by atoms with Crippen molar-refractivity contribution < 1.29 is 5.11 Å². The molecule has 0 aromatic heterocycles. The molecule has 1 aromatic rings. The van der Waals surface area contributed by atoms with E-state index < -0.39 is 0 Å². The molecule has 0 saturated heterocycles. The molecule has 2 N–H and O–H groups in total. The van der Waals surface area contributed by atoms with E-state index in [1.165, 1.54) is 11.3 Å². The van der Waals surface area contributed by atoms with Crippen LogP contribution >= 0.6 is 15.9 Å². The number of nitrogens with zero attached hydrogens (tertiary/aromatic N) is 1. The number of nitrogens with one attached hydrogen (secondary N) is 1. The summed E-state index contributed by atoms with van der Waals surface area (Å²) in [5.74, 6) is 0. The molecular weight excluding hydrogens is 328 g/mol. The summed E-state index contributed by atoms with van der Waals surface area (Å²) in [6.07, 6.45) is 1.93. The zero-order valence-electron chi connectivity index (χ0n) is 13.7. The molecule has 0 heterocycles. The maximum Gasteiger partial charge on any atom is 0.0447 e. The standard InChI is InChI=1S/C17H29BrN2O/c1-5-9-19-14(4)16-8-7-15(18)12-17(16)20(13(2)3)10-6-11-21/h7-8,12-14,19,21H,5-6,9-11H2,1-4H3. The van der Waals surface area contributed by atoms with Gasteiger partial charge in [-0.3, -0.25) is 0 Å². The molecule has 0 amide bonds. The molecule has 0 spiro atoms. The third-order valence-corrected chi connectivity index (χ3v) is 4.14. The molecule has 3 nitrogen and oxygen atoms in total. The lowest BCUT2D eigenvalue weighted by Crippen LogP contribution is -2.34. The van der Waals surface area contributed by atoms with Gasteiger partial charge < -0.3 is 15.3 Å². The second-order valence-electron chi connectivity index (χ2n) is 5.74. The zero-order chi connectivity index (χ0) is 15.8. The highest BCUT2D eigenvalue weighted by Crippen LogP contribution is 2.31. The van der Waals surface area contributed by atoms with Crippen molar-refractivity contribution in [1.82, 2.24) is 5.32 Å². The lowest BCUT2D eigenvalue weighted by Gasteiger charge is -2.32. The molecule has 0 radical (unpaired) electrons. The van der Waals surface area contributed by atoms with Crippen molar-refractivity contribution in [2.45, 2.75) is 52.6 Å². The van der Waals surface area contributed by atoms with Gasteiger partial charge in [0.05, 0.1) is 0 Å². The Bertz CT molecular complexity index is 423. The molecule has 0 fully saturated rings. The van der Waals surface area contributed by atoms with Gasteiger partial charge in [-0.25, -0.2) is 0 Å². The SMILES string of the molecule is CCCNC(C)c1ccc(Br)cc1N(CCCO)C(C)C. The quantitative estimate of drug-likeness (QED) is 0.698. The topological polar surface area (TPSA) is 35.5 Å². The normalized spacial score (nSPS) is 12.7. The first kappa shape index (κ1) is 18.5. The van der Waals surface area contributed by atoms with Crippen LogP contribution in [0.25, 0.3) is 0 Å². The van der Waals surface area contributed by atoms with E-state index in [0.29, 0.717) is 12.1 Å². The molecule has 0 aliphatic heterocycles. The number of anilines is 1. The van der Waals surface area contributed by atoms with Crippen LogP contribution in [0.2, 0.25) is 0 Å². The summed E-state index contributed by atoms with van der Waals surface area (Å²) in [5, 5.41) is 12.7. The molecule has 1 unspecified atom stereocenters. The Hall–Kier alpha value is -0.580. The first-order valence-electron chi connectivity index (χ1n) is 7.91. The van der Waals surface area contributed by atoms with Crippen LogP contribution < -0.4 is 10.2 Å². The van der Waals surface area contributed by atoms with Crippen LogP contribution in [0.3, 0.4) is 0 Å². The molecule has 4 heteroatoms. The highest BCUT2D eigenvalue weighted by molar-refractivity contribution is 9.10. The van der Waals surface area contributed by atoms with Crippen LogP contribution in [-0.4, -0.2) is 30.8 Å². The van der Waals surface area contributed by atoms with Crippen molar-refractivity contribution in [3.05, 3.63) is 28.2 Å². The van der Waals surface area contributed by atoms with Gasteiger partial charge in [0, 0.05) is 35.4 Å². The first-order chi connectivity index (χ1) is 10.0. The van der Waals surface area contributed by atoms with Crippen molar-refractivity contribution in [3.63, 3.8) is 0 Å². The summed E-state index contributed by atoms with van der Waals surface area (Å²) in [6, 6.07) is 7.22. The van der Waals surface area contributed by atoms with Gasteiger partial charge in [-0.1, -0.05) is 28.9 Å². The van der Waals surface area contributed by atoms with E-state index in [1.807, 2.05) is 0 Å². The molecule has 0 aliphatic carbocycles. The second-order valence-corrected chi connectivity index (χ2v) is 6.66. The van der Waals surface area contributed by atoms with Crippen LogP contribution in [0.5, 0.6) is 0 Å². The third kappa shape index (κ3) is 5.61. The Balaban J connectivity index is 3.08. The average Bonchev–Trinajstić information content (AvgIpc) is 2.45. The highest BCUT2D eigenvalue weighted by atomic mass is 79.9. The summed E-state index contributed by atoms with van der Waals surface area (Å²) in [7, 11) is 0. The molecule has 1 rings (SSSR count). The lowest BCUT2D eigenvalue weighted by molar-refractivity contribution is 0.288. The van der Waals surface area contributed by atoms with E-state index in [1.54, 1.807) is 0 Å². The van der Waals surface area contributed by atoms with Crippen LogP contribution in [0.1, 0.15) is 52.1 Å². The van der Waals surface area contributed by atoms with E-state index in [2.05, 4.69) is 72.0 Å². The smallest absolute Gasteiger partial charge is 0.0447 e. The third-order valence-electron chi connectivity index (χ3n) is 3.65. The first-order valence-corrected chi connectivity index (χ1v) is 8.70. The van der Waals surface area contributed by atoms with E-state index in [-0.39, 0.29) is 6.61 Å². The minimum Gasteiger partial charge on any atom is -0.396 e. The number of aliphatic hydroxyl groups excluding tert-OH is 1. The number of halogens is 1. The summed E-state index contributed by atoms with van der Waals surface area (Å²) >= 11 is 3.59. The van der Waals surface area contributed by atoms with Gasteiger partial charge in [0.15, 0.2) is 0 Å². The average molecular weight is 357 g/mol. The molecule has 1 aromatic carbocycles. The zero-order valence-corrected chi connectivity index (χ0v) is 15.3. The Morgan fingerprint density at radius 3 is 2.57 bits per heavy atom. The molecule has 120 valence electrons. The monoisotopic (exact) mass is 356 g/mol. The van der Waals surface area contributed by atoms with Gasteiger partial charge in [0.25, 0.3) is 0 Å². The van der Waals surface area contributed by atoms with Gasteiger partial charge in [-0.2, -0.15) is 0 Å².